The Bertz CT molecular complexity index is 1520. The van der Waals surface area contributed by atoms with Gasteiger partial charge in [0.05, 0.1) is 24.4 Å². The Morgan fingerprint density at radius 1 is 0.545 bits per heavy atom. The van der Waals surface area contributed by atoms with Crippen molar-refractivity contribution in [2.75, 3.05) is 70.6 Å². The predicted octanol–water partition coefficient (Wildman–Crippen LogP) is 6.95. The van der Waals surface area contributed by atoms with Crippen LogP contribution in [0.4, 0.5) is 0 Å². The maximum Gasteiger partial charge on any atom is 0.186 e. The Hall–Kier alpha value is -1.60. The van der Waals surface area contributed by atoms with E-state index >= 15 is 0 Å². The molecule has 0 aromatic carbocycles. The average molecular weight is 939 g/mol. The molecule has 66 heavy (non-hydrogen) atoms. The van der Waals surface area contributed by atoms with Gasteiger partial charge >= 0.3 is 0 Å². The van der Waals surface area contributed by atoms with Gasteiger partial charge in [-0.2, -0.15) is 0 Å². The molecule has 4 fully saturated rings. The van der Waals surface area contributed by atoms with Gasteiger partial charge in [-0.05, 0) is 92.6 Å². The van der Waals surface area contributed by atoms with Crippen molar-refractivity contribution < 1.29 is 67.1 Å². The average Bonchev–Trinajstić information content (AvgIpc) is 4.28. The Morgan fingerprint density at radius 2 is 0.955 bits per heavy atom. The lowest BCUT2D eigenvalue weighted by Crippen LogP contribution is -2.60. The van der Waals surface area contributed by atoms with E-state index < -0.39 is 61.4 Å². The van der Waals surface area contributed by atoms with Crippen LogP contribution >= 0.6 is 0 Å². The third kappa shape index (κ3) is 14.0. The number of aliphatic hydroxyl groups excluding tert-OH is 2. The number of allylic oxidation sites excluding steroid dienone is 4. The lowest BCUT2D eigenvalue weighted by molar-refractivity contribution is -0.298. The van der Waals surface area contributed by atoms with E-state index in [-0.39, 0.29) is 54.0 Å². The van der Waals surface area contributed by atoms with E-state index in [1.54, 1.807) is 64.0 Å². The van der Waals surface area contributed by atoms with Crippen LogP contribution in [0.2, 0.25) is 0 Å². The number of hydrogen-bond donors (Lipinski definition) is 2. The van der Waals surface area contributed by atoms with Crippen molar-refractivity contribution in [3.8, 4) is 0 Å². The van der Waals surface area contributed by atoms with Gasteiger partial charge in [0.1, 0.15) is 48.8 Å². The number of methoxy groups -OCH3 is 9. The van der Waals surface area contributed by atoms with Gasteiger partial charge in [-0.1, -0.05) is 71.1 Å². The van der Waals surface area contributed by atoms with Gasteiger partial charge in [0.25, 0.3) is 0 Å². The second-order valence-corrected chi connectivity index (χ2v) is 19.4. The number of ether oxygens (including phenoxy) is 12. The number of rotatable bonds is 29. The second kappa shape index (κ2) is 27.7. The van der Waals surface area contributed by atoms with E-state index in [1.165, 1.54) is 0 Å². The zero-order valence-electron chi connectivity index (χ0n) is 43.2. The summed E-state index contributed by atoms with van der Waals surface area (Å²) in [5.74, 6) is 1.95. The summed E-state index contributed by atoms with van der Waals surface area (Å²) in [5, 5.41) is 22.7. The van der Waals surface area contributed by atoms with Gasteiger partial charge in [0.15, 0.2) is 12.6 Å². The Morgan fingerprint density at radius 3 is 1.35 bits per heavy atom. The first-order valence-corrected chi connectivity index (χ1v) is 24.4. The summed E-state index contributed by atoms with van der Waals surface area (Å²) in [6.07, 6.45) is 11.3. The molecule has 0 spiro atoms. The Balaban J connectivity index is 1.29. The highest BCUT2D eigenvalue weighted by Gasteiger charge is 2.51. The smallest absolute Gasteiger partial charge is 0.186 e. The summed E-state index contributed by atoms with van der Waals surface area (Å²) in [5.41, 5.74) is 1.91. The van der Waals surface area contributed by atoms with Crippen molar-refractivity contribution >= 4 is 0 Å². The van der Waals surface area contributed by atoms with E-state index in [0.29, 0.717) is 24.4 Å². The molecule has 2 heterocycles. The van der Waals surface area contributed by atoms with Gasteiger partial charge in [-0.25, -0.2) is 0 Å². The van der Waals surface area contributed by atoms with E-state index in [9.17, 15) is 10.2 Å². The second-order valence-electron chi connectivity index (χ2n) is 19.4. The van der Waals surface area contributed by atoms with Crippen LogP contribution in [0.5, 0.6) is 0 Å². The minimum atomic E-state index is -0.662. The molecule has 2 saturated carbocycles. The minimum Gasteiger partial charge on any atom is -0.392 e. The molecule has 0 aromatic rings. The molecule has 14 heteroatoms. The zero-order chi connectivity index (χ0) is 48.8. The monoisotopic (exact) mass is 939 g/mol. The van der Waals surface area contributed by atoms with Gasteiger partial charge in [0.2, 0.25) is 0 Å². The molecule has 0 radical (unpaired) electrons. The Kier molecular flexibility index (Phi) is 23.9. The van der Waals surface area contributed by atoms with Crippen molar-refractivity contribution in [1.82, 2.24) is 0 Å². The molecule has 2 saturated heterocycles. The van der Waals surface area contributed by atoms with Gasteiger partial charge in [-0.3, -0.25) is 0 Å². The molecule has 4 aliphatic rings. The van der Waals surface area contributed by atoms with Crippen LogP contribution in [0, 0.1) is 47.3 Å². The molecule has 2 aliphatic carbocycles. The van der Waals surface area contributed by atoms with Crippen LogP contribution < -0.4 is 0 Å². The Labute approximate surface area is 398 Å². The molecule has 4 rings (SSSR count). The highest BCUT2D eigenvalue weighted by atomic mass is 16.7. The minimum absolute atomic E-state index is 0.00247. The normalized spacial score (nSPS) is 36.8. The molecule has 2 aliphatic heterocycles. The van der Waals surface area contributed by atoms with E-state index in [1.807, 2.05) is 38.2 Å². The fourth-order valence-corrected chi connectivity index (χ4v) is 11.0. The largest absolute Gasteiger partial charge is 0.392 e. The summed E-state index contributed by atoms with van der Waals surface area (Å²) in [7, 11) is 14.9. The van der Waals surface area contributed by atoms with Gasteiger partial charge < -0.3 is 67.1 Å². The lowest BCUT2D eigenvalue weighted by Gasteiger charge is -2.45. The van der Waals surface area contributed by atoms with Crippen LogP contribution in [0.15, 0.2) is 47.6 Å². The fourth-order valence-electron chi connectivity index (χ4n) is 11.0. The van der Waals surface area contributed by atoms with Gasteiger partial charge in [0, 0.05) is 82.4 Å². The van der Waals surface area contributed by atoms with Crippen molar-refractivity contribution in [3.05, 3.63) is 47.6 Å². The third-order valence-corrected chi connectivity index (χ3v) is 15.5. The maximum atomic E-state index is 11.5. The summed E-state index contributed by atoms with van der Waals surface area (Å²) >= 11 is 0. The molecule has 0 amide bonds. The quantitative estimate of drug-likeness (QED) is 0.0588. The molecular formula is C52H90O14. The molecule has 22 atom stereocenters. The predicted molar refractivity (Wildman–Crippen MR) is 254 cm³/mol. The highest BCUT2D eigenvalue weighted by Crippen LogP contribution is 2.51. The molecule has 382 valence electrons. The van der Waals surface area contributed by atoms with Gasteiger partial charge in [-0.15, -0.1) is 0 Å². The van der Waals surface area contributed by atoms with Crippen molar-refractivity contribution in [1.29, 1.82) is 0 Å². The van der Waals surface area contributed by atoms with Crippen LogP contribution in [0.3, 0.4) is 0 Å². The SMILES string of the molecule is CC[C@H](OC)[C@@H](C)[C@@H]1C[C@H]1[C@H](O)[C@@H](C)/C=C/C=C(\C)[C@@H]1O[C@H](OC)[C@H](OC)[C@@H](OCCC[C@H](OC)[C@@H](C)[C@@H]2C[C@H]2[C@H](O)[C@@H](C)/C=C/C=C(\C)[C@@H]2O[C@@H](OC)[C@H](OC)[C@@H](OC)[C@@H]2OC)[C@@H]1OC. The van der Waals surface area contributed by atoms with Crippen LogP contribution in [0.25, 0.3) is 0 Å². The van der Waals surface area contributed by atoms with Crippen LogP contribution in [-0.4, -0.2) is 167 Å². The zero-order valence-corrected chi connectivity index (χ0v) is 43.2. The first-order valence-electron chi connectivity index (χ1n) is 24.4. The molecule has 2 N–H and O–H groups in total. The van der Waals surface area contributed by atoms with Crippen LogP contribution in [0.1, 0.15) is 80.6 Å². The standard InChI is InChI=1S/C52H90O14/c1-17-39(55-8)33(6)35-27-37(35)41(53)29(2)22-19-24-32(5)44-46(58-11)48(50(61-14)52(63-16)66-44)64-26-20-25-40(56-9)34(7)36-28-38(36)42(54)30(3)21-18-23-31(4)43-45(57-10)47(59-12)49(60-13)51(62-15)65-43/h18-19,21-24,29-30,33-54H,17,20,25-28H2,1-16H3/b21-18+,22-19+,31-23+,32-24+/t29-,30-,33-,34-,35-,36-,37+,38+,39-,40-,41+,42+,43-,44-,45+,46+,47-,48-,49+,50+,51+,52-/m0/s1. The molecule has 14 nitrogen and oxygen atoms in total. The van der Waals surface area contributed by atoms with Crippen molar-refractivity contribution in [2.24, 2.45) is 47.3 Å². The summed E-state index contributed by atoms with van der Waals surface area (Å²) in [6, 6.07) is 0. The summed E-state index contributed by atoms with van der Waals surface area (Å²) < 4.78 is 71.7. The van der Waals surface area contributed by atoms with E-state index in [2.05, 4.69) is 46.8 Å². The lowest BCUT2D eigenvalue weighted by atomic mass is 9.90. The number of hydrogen-bond acceptors (Lipinski definition) is 14. The first kappa shape index (κ1) is 57.0. The van der Waals surface area contributed by atoms with E-state index in [0.717, 1.165) is 43.3 Å². The van der Waals surface area contributed by atoms with Crippen molar-refractivity contribution in [2.45, 2.75) is 166 Å². The number of aliphatic hydroxyl groups is 2. The summed E-state index contributed by atoms with van der Waals surface area (Å²) in [4.78, 5) is 0. The fraction of sp³-hybridized carbons (Fsp3) is 0.846. The molecule has 0 unspecified atom stereocenters. The van der Waals surface area contributed by atoms with Crippen molar-refractivity contribution in [3.63, 3.8) is 0 Å². The molecule has 0 bridgehead atoms. The highest BCUT2D eigenvalue weighted by molar-refractivity contribution is 5.21. The van der Waals surface area contributed by atoms with E-state index in [4.69, 9.17) is 56.8 Å². The summed E-state index contributed by atoms with van der Waals surface area (Å²) in [6.45, 7) is 15.2. The third-order valence-electron chi connectivity index (χ3n) is 15.5. The topological polar surface area (TPSA) is 151 Å². The maximum absolute atomic E-state index is 11.5. The molecular weight excluding hydrogens is 849 g/mol. The van der Waals surface area contributed by atoms with Crippen LogP contribution in [-0.2, 0) is 56.8 Å². The molecule has 0 aromatic heterocycles. The first-order chi connectivity index (χ1) is 31.7.